The average Bonchev–Trinajstić information content (AvgIpc) is 2.23. The Morgan fingerprint density at radius 1 is 1.33 bits per heavy atom. The molecule has 1 aliphatic heterocycles. The molecule has 82 valence electrons. The predicted molar refractivity (Wildman–Crippen MR) is 61.3 cm³/mol. The van der Waals surface area contributed by atoms with E-state index in [0.717, 1.165) is 25.5 Å². The minimum atomic E-state index is 0.445. The number of hydrogen-bond acceptors (Lipinski definition) is 4. The summed E-state index contributed by atoms with van der Waals surface area (Å²) < 4.78 is 0. The molecule has 0 N–H and O–H groups in total. The first-order chi connectivity index (χ1) is 7.16. The Bertz CT molecular complexity index is 327. The van der Waals surface area contributed by atoms with Crippen LogP contribution in [0.25, 0.3) is 0 Å². The molecule has 0 radical (unpaired) electrons. The van der Waals surface area contributed by atoms with Crippen LogP contribution in [0.15, 0.2) is 12.1 Å². The molecule has 5 heteroatoms. The Kier molecular flexibility index (Phi) is 3.07. The second-order valence-electron chi connectivity index (χ2n) is 3.99. The smallest absolute Gasteiger partial charge is 0.151 e. The van der Waals surface area contributed by atoms with Crippen LogP contribution in [0.2, 0.25) is 5.15 Å². The largest absolute Gasteiger partial charge is 0.352 e. The summed E-state index contributed by atoms with van der Waals surface area (Å²) in [5.74, 6) is 0.916. The van der Waals surface area contributed by atoms with Gasteiger partial charge in [0, 0.05) is 25.7 Å². The molecular weight excluding hydrogens is 212 g/mol. The molecule has 1 fully saturated rings. The van der Waals surface area contributed by atoms with Gasteiger partial charge in [-0.3, -0.25) is 0 Å². The van der Waals surface area contributed by atoms with Crippen molar-refractivity contribution in [2.24, 2.45) is 0 Å². The van der Waals surface area contributed by atoms with Crippen LogP contribution in [0.5, 0.6) is 0 Å². The highest BCUT2D eigenvalue weighted by molar-refractivity contribution is 6.29. The molecule has 0 bridgehead atoms. The predicted octanol–water partition coefficient (Wildman–Crippen LogP) is 1.27. The highest BCUT2D eigenvalue weighted by atomic mass is 35.5. The minimum absolute atomic E-state index is 0.445. The molecule has 1 atom stereocenters. The van der Waals surface area contributed by atoms with Gasteiger partial charge in [-0.1, -0.05) is 11.6 Å². The molecule has 1 saturated heterocycles. The van der Waals surface area contributed by atoms with Crippen LogP contribution in [0.3, 0.4) is 0 Å². The van der Waals surface area contributed by atoms with E-state index in [1.165, 1.54) is 0 Å². The van der Waals surface area contributed by atoms with Crippen molar-refractivity contribution in [2.45, 2.75) is 13.0 Å². The van der Waals surface area contributed by atoms with Gasteiger partial charge in [0.1, 0.15) is 0 Å². The second-order valence-corrected chi connectivity index (χ2v) is 4.38. The van der Waals surface area contributed by atoms with E-state index in [4.69, 9.17) is 11.6 Å². The quantitative estimate of drug-likeness (QED) is 0.722. The third kappa shape index (κ3) is 2.38. The molecular formula is C10H15ClN4. The van der Waals surface area contributed by atoms with Gasteiger partial charge in [-0.2, -0.15) is 0 Å². The number of anilines is 1. The molecule has 0 spiro atoms. The van der Waals surface area contributed by atoms with Crippen molar-refractivity contribution in [3.05, 3.63) is 17.3 Å². The van der Waals surface area contributed by atoms with E-state index in [1.54, 1.807) is 6.07 Å². The number of halogens is 1. The standard InChI is InChI=1S/C10H15ClN4/c1-8-7-15(6-5-14(8)2)10-4-3-9(11)12-13-10/h3-4,8H,5-7H2,1-2H3. The number of piperazine rings is 1. The van der Waals surface area contributed by atoms with E-state index in [0.29, 0.717) is 11.2 Å². The summed E-state index contributed by atoms with van der Waals surface area (Å²) in [4.78, 5) is 4.59. The highest BCUT2D eigenvalue weighted by Crippen LogP contribution is 2.16. The molecule has 0 aromatic carbocycles. The molecule has 0 aliphatic carbocycles. The van der Waals surface area contributed by atoms with Gasteiger partial charge in [0.2, 0.25) is 0 Å². The summed E-state index contributed by atoms with van der Waals surface area (Å²) in [5, 5.41) is 8.39. The average molecular weight is 227 g/mol. The van der Waals surface area contributed by atoms with Gasteiger partial charge in [0.15, 0.2) is 11.0 Å². The number of hydrogen-bond donors (Lipinski definition) is 0. The van der Waals surface area contributed by atoms with Crippen molar-refractivity contribution in [2.75, 3.05) is 31.6 Å². The molecule has 2 rings (SSSR count). The van der Waals surface area contributed by atoms with E-state index in [2.05, 4.69) is 34.0 Å². The van der Waals surface area contributed by atoms with Crippen molar-refractivity contribution in [1.29, 1.82) is 0 Å². The lowest BCUT2D eigenvalue weighted by Gasteiger charge is -2.38. The molecule has 0 saturated carbocycles. The summed E-state index contributed by atoms with van der Waals surface area (Å²) in [6, 6.07) is 4.26. The van der Waals surface area contributed by atoms with Gasteiger partial charge in [0.25, 0.3) is 0 Å². The lowest BCUT2D eigenvalue weighted by Crippen LogP contribution is -2.50. The first kappa shape index (κ1) is 10.6. The first-order valence-corrected chi connectivity index (χ1v) is 5.49. The molecule has 0 amide bonds. The Balaban J connectivity index is 2.08. The fraction of sp³-hybridized carbons (Fsp3) is 0.600. The van der Waals surface area contributed by atoms with Crippen LogP contribution >= 0.6 is 11.6 Å². The lowest BCUT2D eigenvalue weighted by atomic mass is 10.2. The Labute approximate surface area is 94.8 Å². The van der Waals surface area contributed by atoms with E-state index >= 15 is 0 Å². The van der Waals surface area contributed by atoms with E-state index in [9.17, 15) is 0 Å². The van der Waals surface area contributed by atoms with Gasteiger partial charge in [0.05, 0.1) is 0 Å². The van der Waals surface area contributed by atoms with E-state index in [1.807, 2.05) is 6.07 Å². The molecule has 15 heavy (non-hydrogen) atoms. The van der Waals surface area contributed by atoms with Crippen molar-refractivity contribution in [3.8, 4) is 0 Å². The Morgan fingerprint density at radius 2 is 2.13 bits per heavy atom. The SMILES string of the molecule is CC1CN(c2ccc(Cl)nn2)CCN1C. The van der Waals surface area contributed by atoms with Gasteiger partial charge < -0.3 is 9.80 Å². The number of nitrogens with zero attached hydrogens (tertiary/aromatic N) is 4. The first-order valence-electron chi connectivity index (χ1n) is 5.11. The summed E-state index contributed by atoms with van der Waals surface area (Å²) in [5.41, 5.74) is 0. The van der Waals surface area contributed by atoms with Crippen LogP contribution in [-0.4, -0.2) is 47.8 Å². The number of aromatic nitrogens is 2. The van der Waals surface area contributed by atoms with Crippen molar-refractivity contribution in [1.82, 2.24) is 15.1 Å². The monoisotopic (exact) mass is 226 g/mol. The maximum absolute atomic E-state index is 5.70. The lowest BCUT2D eigenvalue weighted by molar-refractivity contribution is 0.233. The van der Waals surface area contributed by atoms with Gasteiger partial charge in [-0.05, 0) is 26.1 Å². The normalized spacial score (nSPS) is 23.1. The van der Waals surface area contributed by atoms with Crippen LogP contribution in [-0.2, 0) is 0 Å². The third-order valence-electron chi connectivity index (χ3n) is 2.90. The summed E-state index contributed by atoms with van der Waals surface area (Å²) in [6.45, 7) is 5.27. The Morgan fingerprint density at radius 3 is 2.73 bits per heavy atom. The topological polar surface area (TPSA) is 32.3 Å². The fourth-order valence-electron chi connectivity index (χ4n) is 1.73. The van der Waals surface area contributed by atoms with Crippen LogP contribution in [0.1, 0.15) is 6.92 Å². The van der Waals surface area contributed by atoms with Gasteiger partial charge in [-0.25, -0.2) is 0 Å². The number of rotatable bonds is 1. The molecule has 1 aromatic rings. The van der Waals surface area contributed by atoms with E-state index in [-0.39, 0.29) is 0 Å². The minimum Gasteiger partial charge on any atom is -0.352 e. The van der Waals surface area contributed by atoms with E-state index < -0.39 is 0 Å². The molecule has 4 nitrogen and oxygen atoms in total. The Hall–Kier alpha value is -0.870. The fourth-order valence-corrected chi connectivity index (χ4v) is 1.83. The summed E-state index contributed by atoms with van der Waals surface area (Å²) in [7, 11) is 2.15. The second kappa shape index (κ2) is 4.33. The zero-order chi connectivity index (χ0) is 10.8. The van der Waals surface area contributed by atoms with Crippen LogP contribution in [0.4, 0.5) is 5.82 Å². The molecule has 1 aliphatic rings. The van der Waals surface area contributed by atoms with Crippen LogP contribution in [0, 0.1) is 0 Å². The van der Waals surface area contributed by atoms with Crippen molar-refractivity contribution in [3.63, 3.8) is 0 Å². The maximum atomic E-state index is 5.70. The summed E-state index contributed by atoms with van der Waals surface area (Å²) in [6.07, 6.45) is 0. The number of likely N-dealkylation sites (N-methyl/N-ethyl adjacent to an activating group) is 1. The highest BCUT2D eigenvalue weighted by Gasteiger charge is 2.21. The van der Waals surface area contributed by atoms with Crippen molar-refractivity contribution < 1.29 is 0 Å². The van der Waals surface area contributed by atoms with Crippen LogP contribution < -0.4 is 4.90 Å². The zero-order valence-electron chi connectivity index (χ0n) is 9.02. The summed E-state index contributed by atoms with van der Waals surface area (Å²) >= 11 is 5.70. The zero-order valence-corrected chi connectivity index (χ0v) is 9.78. The molecule has 2 heterocycles. The molecule has 1 unspecified atom stereocenters. The van der Waals surface area contributed by atoms with Gasteiger partial charge in [-0.15, -0.1) is 10.2 Å². The van der Waals surface area contributed by atoms with Gasteiger partial charge >= 0.3 is 0 Å². The molecule has 1 aromatic heterocycles. The third-order valence-corrected chi connectivity index (χ3v) is 3.10. The van der Waals surface area contributed by atoms with Crippen molar-refractivity contribution >= 4 is 17.4 Å². The maximum Gasteiger partial charge on any atom is 0.151 e.